The lowest BCUT2D eigenvalue weighted by Gasteiger charge is -2.19. The lowest BCUT2D eigenvalue weighted by atomic mass is 10.2. The van der Waals surface area contributed by atoms with E-state index in [1.807, 2.05) is 44.2 Å². The normalized spacial score (nSPS) is 17.0. The van der Waals surface area contributed by atoms with E-state index in [1.54, 1.807) is 25.1 Å². The van der Waals surface area contributed by atoms with Gasteiger partial charge < -0.3 is 5.32 Å². The average Bonchev–Trinajstić information content (AvgIpc) is 2.82. The minimum Gasteiger partial charge on any atom is -0.324 e. The summed E-state index contributed by atoms with van der Waals surface area (Å²) in [5.74, 6) is -0.783. The number of urea groups is 1. The average molecular weight is 351 g/mol. The molecule has 3 rings (SSSR count). The molecule has 2 aromatic carbocycles. The largest absolute Gasteiger partial charge is 0.332 e. The first kappa shape index (κ1) is 17.7. The third kappa shape index (κ3) is 3.31. The highest BCUT2D eigenvalue weighted by Gasteiger charge is 2.44. The highest BCUT2D eigenvalue weighted by Crippen LogP contribution is 2.26. The molecule has 26 heavy (non-hydrogen) atoms. The number of benzene rings is 2. The molecule has 4 amide bonds. The Morgan fingerprint density at radius 1 is 1.04 bits per heavy atom. The Balaban J connectivity index is 1.75. The Bertz CT molecular complexity index is 861. The van der Waals surface area contributed by atoms with Crippen LogP contribution in [0.4, 0.5) is 16.2 Å². The Labute approximate surface area is 152 Å². The zero-order valence-electron chi connectivity index (χ0n) is 15.0. The molecule has 1 aliphatic rings. The number of nitrogens with zero attached hydrogens (tertiary/aromatic N) is 2. The summed E-state index contributed by atoms with van der Waals surface area (Å²) in [6, 6.07) is 13.6. The van der Waals surface area contributed by atoms with Crippen LogP contribution in [0.25, 0.3) is 0 Å². The quantitative estimate of drug-likeness (QED) is 0.861. The molecule has 1 saturated heterocycles. The van der Waals surface area contributed by atoms with Crippen LogP contribution < -0.4 is 10.2 Å². The molecule has 0 saturated carbocycles. The summed E-state index contributed by atoms with van der Waals surface area (Å²) >= 11 is 0. The van der Waals surface area contributed by atoms with Gasteiger partial charge in [-0.25, -0.2) is 4.79 Å². The van der Waals surface area contributed by atoms with Crippen LogP contribution in [0.2, 0.25) is 0 Å². The number of anilines is 2. The predicted molar refractivity (Wildman–Crippen MR) is 100 cm³/mol. The van der Waals surface area contributed by atoms with Crippen LogP contribution in [0.5, 0.6) is 0 Å². The van der Waals surface area contributed by atoms with Crippen molar-refractivity contribution in [2.75, 3.05) is 16.8 Å². The summed E-state index contributed by atoms with van der Waals surface area (Å²) in [5, 5.41) is 2.75. The van der Waals surface area contributed by atoms with E-state index < -0.39 is 18.0 Å². The van der Waals surface area contributed by atoms with E-state index in [0.29, 0.717) is 11.4 Å². The van der Waals surface area contributed by atoms with Crippen LogP contribution in [0.15, 0.2) is 48.5 Å². The topological polar surface area (TPSA) is 69.7 Å². The molecule has 1 aliphatic heterocycles. The molecular weight excluding hydrogens is 330 g/mol. The number of hydrogen-bond acceptors (Lipinski definition) is 3. The number of para-hydroxylation sites is 1. The number of rotatable bonds is 4. The van der Waals surface area contributed by atoms with Gasteiger partial charge in [-0.3, -0.25) is 19.4 Å². The van der Waals surface area contributed by atoms with E-state index in [9.17, 15) is 14.4 Å². The molecule has 0 radical (unpaired) electrons. The number of carbonyl (C=O) groups excluding carboxylic acids is 3. The van der Waals surface area contributed by atoms with Crippen molar-refractivity contribution < 1.29 is 14.4 Å². The molecule has 0 unspecified atom stereocenters. The fourth-order valence-corrected chi connectivity index (χ4v) is 2.96. The van der Waals surface area contributed by atoms with Crippen molar-refractivity contribution in [1.29, 1.82) is 0 Å². The van der Waals surface area contributed by atoms with Crippen molar-refractivity contribution in [3.63, 3.8) is 0 Å². The van der Waals surface area contributed by atoms with Crippen molar-refractivity contribution in [2.24, 2.45) is 0 Å². The molecule has 0 spiro atoms. The van der Waals surface area contributed by atoms with Crippen molar-refractivity contribution >= 4 is 29.2 Å². The van der Waals surface area contributed by atoms with Gasteiger partial charge in [-0.2, -0.15) is 0 Å². The highest BCUT2D eigenvalue weighted by molar-refractivity contribution is 6.16. The third-order valence-corrected chi connectivity index (χ3v) is 4.48. The number of hydrogen-bond donors (Lipinski definition) is 1. The fraction of sp³-hybridized carbons (Fsp3) is 0.250. The predicted octanol–water partition coefficient (Wildman–Crippen LogP) is 3.10. The molecule has 2 aromatic rings. The molecule has 1 heterocycles. The summed E-state index contributed by atoms with van der Waals surface area (Å²) in [6.07, 6.45) is 0. The van der Waals surface area contributed by atoms with E-state index in [4.69, 9.17) is 0 Å². The molecule has 0 aromatic heterocycles. The highest BCUT2D eigenvalue weighted by atomic mass is 16.2. The Kier molecular flexibility index (Phi) is 4.75. The standard InChI is InChI=1S/C20H21N3O3/c1-13-8-10-16(11-9-13)23-15(3)19(25)22(20(23)26)12-18(24)21-17-7-5-4-6-14(17)2/h4-11,15H,12H2,1-3H3,(H,21,24)/t15-/m1/s1. The van der Waals surface area contributed by atoms with Gasteiger partial charge in [-0.05, 0) is 44.5 Å². The molecule has 1 fully saturated rings. The third-order valence-electron chi connectivity index (χ3n) is 4.48. The minimum atomic E-state index is -0.642. The maximum Gasteiger partial charge on any atom is 0.332 e. The summed E-state index contributed by atoms with van der Waals surface area (Å²) in [4.78, 5) is 40.0. The smallest absolute Gasteiger partial charge is 0.324 e. The number of aryl methyl sites for hydroxylation is 2. The molecule has 6 heteroatoms. The van der Waals surface area contributed by atoms with Gasteiger partial charge in [0.15, 0.2) is 0 Å². The van der Waals surface area contributed by atoms with E-state index >= 15 is 0 Å². The first-order valence-corrected chi connectivity index (χ1v) is 8.45. The van der Waals surface area contributed by atoms with Crippen LogP contribution in [-0.4, -0.2) is 35.3 Å². The molecule has 1 N–H and O–H groups in total. The maximum absolute atomic E-state index is 12.7. The molecule has 0 aliphatic carbocycles. The zero-order chi connectivity index (χ0) is 18.8. The number of carbonyl (C=O) groups is 3. The molecule has 1 atom stereocenters. The summed E-state index contributed by atoms with van der Waals surface area (Å²) in [6.45, 7) is 5.19. The van der Waals surface area contributed by atoms with Gasteiger partial charge in [0.2, 0.25) is 5.91 Å². The molecule has 134 valence electrons. The van der Waals surface area contributed by atoms with Gasteiger partial charge in [0.05, 0.1) is 0 Å². The number of amides is 4. The molecular formula is C20H21N3O3. The van der Waals surface area contributed by atoms with Gasteiger partial charge in [-0.1, -0.05) is 35.9 Å². The first-order valence-electron chi connectivity index (χ1n) is 8.45. The van der Waals surface area contributed by atoms with Crippen LogP contribution in [0.1, 0.15) is 18.1 Å². The molecule has 0 bridgehead atoms. The van der Waals surface area contributed by atoms with Crippen molar-refractivity contribution in [3.05, 3.63) is 59.7 Å². The maximum atomic E-state index is 12.7. The monoisotopic (exact) mass is 351 g/mol. The van der Waals surface area contributed by atoms with E-state index in [0.717, 1.165) is 16.0 Å². The SMILES string of the molecule is Cc1ccc(N2C(=O)N(CC(=O)Nc3ccccc3C)C(=O)[C@H]2C)cc1. The van der Waals surface area contributed by atoms with Crippen LogP contribution >= 0.6 is 0 Å². The van der Waals surface area contributed by atoms with Crippen LogP contribution in [0.3, 0.4) is 0 Å². The first-order chi connectivity index (χ1) is 12.4. The minimum absolute atomic E-state index is 0.307. The summed E-state index contributed by atoms with van der Waals surface area (Å²) < 4.78 is 0. The van der Waals surface area contributed by atoms with Crippen molar-refractivity contribution in [3.8, 4) is 0 Å². The fourth-order valence-electron chi connectivity index (χ4n) is 2.96. The van der Waals surface area contributed by atoms with Crippen molar-refractivity contribution in [2.45, 2.75) is 26.8 Å². The second kappa shape index (κ2) is 7.00. The van der Waals surface area contributed by atoms with Crippen LogP contribution in [0, 0.1) is 13.8 Å². The van der Waals surface area contributed by atoms with Gasteiger partial charge in [0.25, 0.3) is 5.91 Å². The number of imide groups is 1. The van der Waals surface area contributed by atoms with E-state index in [1.165, 1.54) is 4.90 Å². The Morgan fingerprint density at radius 3 is 2.35 bits per heavy atom. The van der Waals surface area contributed by atoms with Gasteiger partial charge >= 0.3 is 6.03 Å². The second-order valence-electron chi connectivity index (χ2n) is 6.45. The van der Waals surface area contributed by atoms with Gasteiger partial charge in [-0.15, -0.1) is 0 Å². The number of nitrogens with one attached hydrogen (secondary N) is 1. The Morgan fingerprint density at radius 2 is 1.69 bits per heavy atom. The lowest BCUT2D eigenvalue weighted by molar-refractivity contribution is -0.130. The van der Waals surface area contributed by atoms with Gasteiger partial charge in [0, 0.05) is 11.4 Å². The zero-order valence-corrected chi connectivity index (χ0v) is 15.0. The lowest BCUT2D eigenvalue weighted by Crippen LogP contribution is -2.39. The molecule has 6 nitrogen and oxygen atoms in total. The van der Waals surface area contributed by atoms with E-state index in [2.05, 4.69) is 5.32 Å². The van der Waals surface area contributed by atoms with E-state index in [-0.39, 0.29) is 12.5 Å². The van der Waals surface area contributed by atoms with Crippen molar-refractivity contribution in [1.82, 2.24) is 4.90 Å². The summed E-state index contributed by atoms with van der Waals surface area (Å²) in [5.41, 5.74) is 3.28. The second-order valence-corrected chi connectivity index (χ2v) is 6.45. The van der Waals surface area contributed by atoms with Crippen LogP contribution in [-0.2, 0) is 9.59 Å². The Hall–Kier alpha value is -3.15. The summed E-state index contributed by atoms with van der Waals surface area (Å²) in [7, 11) is 0. The van der Waals surface area contributed by atoms with Gasteiger partial charge in [0.1, 0.15) is 12.6 Å².